The van der Waals surface area contributed by atoms with E-state index in [1.165, 1.54) is 250 Å². The van der Waals surface area contributed by atoms with Gasteiger partial charge in [-0.25, -0.2) is 4.79 Å². The van der Waals surface area contributed by atoms with Crippen molar-refractivity contribution >= 4 is 17.8 Å². The van der Waals surface area contributed by atoms with Crippen molar-refractivity contribution in [3.05, 3.63) is 11.6 Å². The SMILES string of the molecule is CCCCCCCCCCCCCCCCCCCCCCC(CC(=O)O)(C1CC[C@@]2(C)C(=CCC3C2CC[C@@]2(C)C3CC[C@@H]2[C@H](C)CCCC(C)C)C1)[C@@](CCCCCCCC)(C(=O)O)N(CCCCCCCCCCCC)C(=O)CCCCCCCCCCC. The lowest BCUT2D eigenvalue weighted by molar-refractivity contribution is -0.185. The summed E-state index contributed by atoms with van der Waals surface area (Å²) in [4.78, 5) is 47.8. The minimum absolute atomic E-state index is 0.00903. The highest BCUT2D eigenvalue weighted by Gasteiger charge is 2.66. The second-order valence-electron chi connectivity index (χ2n) is 33.4. The van der Waals surface area contributed by atoms with Gasteiger partial charge < -0.3 is 15.1 Å². The van der Waals surface area contributed by atoms with Gasteiger partial charge in [-0.2, -0.15) is 0 Å². The highest BCUT2D eigenvalue weighted by atomic mass is 16.4. The molecule has 0 saturated heterocycles. The number of rotatable bonds is 60. The van der Waals surface area contributed by atoms with Crippen LogP contribution >= 0.6 is 0 Å². The summed E-state index contributed by atoms with van der Waals surface area (Å²) in [6, 6.07) is 0. The summed E-state index contributed by atoms with van der Waals surface area (Å²) in [7, 11) is 0. The molecular formula is C86H159NO5. The average Bonchev–Trinajstić information content (AvgIpc) is 0.993. The number of aliphatic carboxylic acids is 2. The van der Waals surface area contributed by atoms with Crippen molar-refractivity contribution in [1.29, 1.82) is 0 Å². The van der Waals surface area contributed by atoms with Crippen LogP contribution in [0.1, 0.15) is 448 Å². The van der Waals surface area contributed by atoms with Crippen LogP contribution in [0.2, 0.25) is 0 Å². The fourth-order valence-electron chi connectivity index (χ4n) is 20.5. The van der Waals surface area contributed by atoms with Crippen molar-refractivity contribution < 1.29 is 24.6 Å². The molecule has 0 radical (unpaired) electrons. The van der Waals surface area contributed by atoms with E-state index in [1.54, 1.807) is 0 Å². The van der Waals surface area contributed by atoms with Crippen LogP contribution in [-0.2, 0) is 14.4 Å². The van der Waals surface area contributed by atoms with Crippen LogP contribution in [0.5, 0.6) is 0 Å². The number of hydrogen-bond acceptors (Lipinski definition) is 3. The maximum atomic E-state index is 15.8. The molecule has 92 heavy (non-hydrogen) atoms. The molecule has 2 N–H and O–H groups in total. The smallest absolute Gasteiger partial charge is 0.330 e. The second-order valence-corrected chi connectivity index (χ2v) is 33.4. The lowest BCUT2D eigenvalue weighted by Gasteiger charge is -2.62. The number of carbonyl (C=O) groups is 3. The monoisotopic (exact) mass is 1290 g/mol. The van der Waals surface area contributed by atoms with E-state index in [9.17, 15) is 15.0 Å². The Morgan fingerprint density at radius 2 is 0.913 bits per heavy atom. The summed E-state index contributed by atoms with van der Waals surface area (Å²) in [6.45, 7) is 22.2. The number of amides is 1. The summed E-state index contributed by atoms with van der Waals surface area (Å²) in [5.41, 5.74) is -0.752. The van der Waals surface area contributed by atoms with E-state index >= 15 is 9.59 Å². The van der Waals surface area contributed by atoms with Crippen LogP contribution in [-0.4, -0.2) is 45.0 Å². The molecule has 0 bridgehead atoms. The Morgan fingerprint density at radius 3 is 1.35 bits per heavy atom. The highest BCUT2D eigenvalue weighted by Crippen LogP contribution is 2.69. The maximum absolute atomic E-state index is 15.8. The molecular weight excluding hydrogens is 1130 g/mol. The summed E-state index contributed by atoms with van der Waals surface area (Å²) < 4.78 is 0. The average molecular weight is 1290 g/mol. The fraction of sp³-hybridized carbons (Fsp3) is 0.942. The molecule has 10 atom stereocenters. The van der Waals surface area contributed by atoms with Crippen molar-refractivity contribution in [2.45, 2.75) is 453 Å². The van der Waals surface area contributed by atoms with Gasteiger partial charge in [-0.3, -0.25) is 9.59 Å². The summed E-state index contributed by atoms with van der Waals surface area (Å²) in [5, 5.41) is 24.5. The molecule has 4 aliphatic carbocycles. The number of allylic oxidation sites excluding steroid dienone is 2. The van der Waals surface area contributed by atoms with Crippen molar-refractivity contribution in [3.8, 4) is 0 Å². The Kier molecular flexibility index (Phi) is 43.1. The molecule has 0 aromatic carbocycles. The molecule has 5 unspecified atom stereocenters. The van der Waals surface area contributed by atoms with Gasteiger partial charge in [-0.1, -0.05) is 369 Å². The molecule has 0 aromatic rings. The number of fused-ring (bicyclic) bond motifs is 5. The third-order valence-electron chi connectivity index (χ3n) is 26.1. The van der Waals surface area contributed by atoms with E-state index in [0.29, 0.717) is 49.5 Å². The molecule has 0 heterocycles. The standard InChI is InChI=1S/C86H159NO5/c1-10-14-18-22-26-29-31-32-33-34-35-36-37-38-39-40-42-45-48-52-65-85(71-81(89)90,75-63-67-83(8)74(70-75)59-60-76-78-62-61-77(73(7)57-55-56-72(5)6)84(78,9)68-64-79(76)83)86(82(91)92,66-53-49-25-21-17-13-4)87(69-54-50-46-43-30-27-23-19-15-11-2)80(88)58-51-47-44-41-28-24-20-16-12-3/h59,72-73,75-79H,10-58,60-71H2,1-9H3,(H,89,90)(H,91,92)/t73-,75?,76?,77-,78?,79?,83+,84-,85?,86-/m1/s1. The molecule has 0 aromatic heterocycles. The predicted octanol–water partition coefficient (Wildman–Crippen LogP) is 27.6. The van der Waals surface area contributed by atoms with Crippen molar-refractivity contribution in [1.82, 2.24) is 4.90 Å². The van der Waals surface area contributed by atoms with Crippen LogP contribution in [0.15, 0.2) is 11.6 Å². The molecule has 6 heteroatoms. The predicted molar refractivity (Wildman–Crippen MR) is 398 cm³/mol. The molecule has 4 rings (SSSR count). The number of carbonyl (C=O) groups excluding carboxylic acids is 1. The zero-order valence-corrected chi connectivity index (χ0v) is 63.3. The molecule has 538 valence electrons. The Hall–Kier alpha value is -1.85. The van der Waals surface area contributed by atoms with Gasteiger partial charge in [0.25, 0.3) is 0 Å². The van der Waals surface area contributed by atoms with Gasteiger partial charge in [0.1, 0.15) is 5.54 Å². The van der Waals surface area contributed by atoms with Gasteiger partial charge >= 0.3 is 11.9 Å². The van der Waals surface area contributed by atoms with Crippen LogP contribution in [0, 0.1) is 57.7 Å². The zero-order chi connectivity index (χ0) is 66.8. The molecule has 4 aliphatic rings. The third kappa shape index (κ3) is 27.1. The number of carboxylic acids is 2. The van der Waals surface area contributed by atoms with Crippen LogP contribution in [0.4, 0.5) is 0 Å². The van der Waals surface area contributed by atoms with Crippen LogP contribution in [0.3, 0.4) is 0 Å². The van der Waals surface area contributed by atoms with E-state index < -0.39 is 22.9 Å². The Labute approximate surface area is 573 Å². The van der Waals surface area contributed by atoms with Crippen molar-refractivity contribution in [2.24, 2.45) is 57.7 Å². The molecule has 3 fully saturated rings. The first kappa shape index (κ1) is 82.6. The Balaban J connectivity index is 1.67. The van der Waals surface area contributed by atoms with Gasteiger partial charge in [0, 0.05) is 18.4 Å². The molecule has 6 nitrogen and oxygen atoms in total. The minimum atomic E-state index is -1.60. The van der Waals surface area contributed by atoms with Gasteiger partial charge in [-0.05, 0) is 129 Å². The topological polar surface area (TPSA) is 94.9 Å². The third-order valence-corrected chi connectivity index (χ3v) is 26.1. The van der Waals surface area contributed by atoms with E-state index in [-0.39, 0.29) is 23.7 Å². The fourth-order valence-corrected chi connectivity index (χ4v) is 20.5. The van der Waals surface area contributed by atoms with E-state index in [2.05, 4.69) is 68.4 Å². The summed E-state index contributed by atoms with van der Waals surface area (Å²) in [5.74, 6) is 2.50. The van der Waals surface area contributed by atoms with Gasteiger partial charge in [0.2, 0.25) is 5.91 Å². The van der Waals surface area contributed by atoms with E-state index in [0.717, 1.165) is 133 Å². The van der Waals surface area contributed by atoms with Gasteiger partial charge in [-0.15, -0.1) is 0 Å². The lowest BCUT2D eigenvalue weighted by Crippen LogP contribution is -2.69. The van der Waals surface area contributed by atoms with Gasteiger partial charge in [0.15, 0.2) is 0 Å². The number of carboxylic acid groups (broad SMARTS) is 2. The van der Waals surface area contributed by atoms with Crippen molar-refractivity contribution in [2.75, 3.05) is 6.54 Å². The Bertz CT molecular complexity index is 1930. The summed E-state index contributed by atoms with van der Waals surface area (Å²) in [6.07, 6.45) is 71.3. The lowest BCUT2D eigenvalue weighted by atomic mass is 9.44. The Morgan fingerprint density at radius 1 is 0.489 bits per heavy atom. The first-order valence-electron chi connectivity index (χ1n) is 42.1. The number of hydrogen-bond donors (Lipinski definition) is 2. The first-order valence-corrected chi connectivity index (χ1v) is 42.1. The van der Waals surface area contributed by atoms with E-state index in [1.807, 2.05) is 4.90 Å². The second kappa shape index (κ2) is 48.0. The molecule has 0 spiro atoms. The molecule has 1 amide bonds. The number of nitrogens with zero attached hydrogens (tertiary/aromatic N) is 1. The quantitative estimate of drug-likeness (QED) is 0.0467. The first-order chi connectivity index (χ1) is 44.6. The maximum Gasteiger partial charge on any atom is 0.330 e. The zero-order valence-electron chi connectivity index (χ0n) is 63.3. The highest BCUT2D eigenvalue weighted by molar-refractivity contribution is 5.89. The molecule has 3 saturated carbocycles. The minimum Gasteiger partial charge on any atom is -0.481 e. The van der Waals surface area contributed by atoms with E-state index in [4.69, 9.17) is 0 Å². The molecule has 0 aliphatic heterocycles. The van der Waals surface area contributed by atoms with Crippen LogP contribution in [0.25, 0.3) is 0 Å². The largest absolute Gasteiger partial charge is 0.481 e. The summed E-state index contributed by atoms with van der Waals surface area (Å²) >= 11 is 0. The number of unbranched alkanes of at least 4 members (excludes halogenated alkanes) is 41. The van der Waals surface area contributed by atoms with Crippen molar-refractivity contribution in [3.63, 3.8) is 0 Å². The normalized spacial score (nSPS) is 23.8. The van der Waals surface area contributed by atoms with Crippen LogP contribution < -0.4 is 0 Å². The van der Waals surface area contributed by atoms with Gasteiger partial charge in [0.05, 0.1) is 6.42 Å².